The third-order valence-corrected chi connectivity index (χ3v) is 5.79. The summed E-state index contributed by atoms with van der Waals surface area (Å²) in [5, 5.41) is 0. The van der Waals surface area contributed by atoms with Gasteiger partial charge in [0, 0.05) is 49.8 Å². The average molecular weight is 357 g/mol. The zero-order chi connectivity index (χ0) is 18.1. The van der Waals surface area contributed by atoms with Gasteiger partial charge < -0.3 is 4.90 Å². The van der Waals surface area contributed by atoms with Gasteiger partial charge in [-0.15, -0.1) is 0 Å². The Morgan fingerprint density at radius 1 is 0.852 bits per heavy atom. The topological polar surface area (TPSA) is 45.2 Å². The first-order chi connectivity index (χ1) is 13.3. The predicted octanol–water partition coefficient (Wildman–Crippen LogP) is 3.04. The van der Waals surface area contributed by atoms with Crippen LogP contribution >= 0.6 is 0 Å². The van der Waals surface area contributed by atoms with Crippen LogP contribution in [-0.4, -0.2) is 39.5 Å². The summed E-state index contributed by atoms with van der Waals surface area (Å²) in [4.78, 5) is 18.5. The van der Waals surface area contributed by atoms with Crippen molar-refractivity contribution >= 4 is 5.69 Å². The van der Waals surface area contributed by atoms with E-state index in [0.717, 1.165) is 44.8 Å². The molecular weight excluding hydrogens is 334 g/mol. The molecule has 0 amide bonds. The summed E-state index contributed by atoms with van der Waals surface area (Å²) in [6.45, 7) is 4.99. The molecule has 0 bridgehead atoms. The molecule has 0 radical (unpaired) electrons. The fourth-order valence-electron chi connectivity index (χ4n) is 4.58. The molecule has 0 aliphatic carbocycles. The Bertz CT molecular complexity index is 914. The Hall–Kier alpha value is -2.79. The van der Waals surface area contributed by atoms with E-state index in [0.29, 0.717) is 0 Å². The number of hydrogen-bond donors (Lipinski definition) is 0. The Balaban J connectivity index is 1.39. The van der Waals surface area contributed by atoms with Crippen molar-refractivity contribution in [2.24, 2.45) is 0 Å². The van der Waals surface area contributed by atoms with E-state index in [-0.39, 0.29) is 5.41 Å². The molecule has 5 heterocycles. The second-order valence-corrected chi connectivity index (χ2v) is 7.64. The quantitative estimate of drug-likeness (QED) is 0.718. The van der Waals surface area contributed by atoms with Gasteiger partial charge >= 0.3 is 0 Å². The molecule has 0 unspecified atom stereocenters. The van der Waals surface area contributed by atoms with Crippen molar-refractivity contribution in [1.29, 1.82) is 0 Å². The zero-order valence-electron chi connectivity index (χ0n) is 15.3. The minimum Gasteiger partial charge on any atom is -0.363 e. The summed E-state index contributed by atoms with van der Waals surface area (Å²) in [6, 6.07) is 14.6. The lowest BCUT2D eigenvalue weighted by Gasteiger charge is -2.26. The summed E-state index contributed by atoms with van der Waals surface area (Å²) >= 11 is 0. The Labute approximate surface area is 159 Å². The van der Waals surface area contributed by atoms with Crippen LogP contribution in [0.3, 0.4) is 0 Å². The summed E-state index contributed by atoms with van der Waals surface area (Å²) in [7, 11) is 0. The smallest absolute Gasteiger partial charge is 0.0729 e. The van der Waals surface area contributed by atoms with Crippen LogP contribution in [0.15, 0.2) is 67.3 Å². The van der Waals surface area contributed by atoms with Gasteiger partial charge in [-0.3, -0.25) is 19.9 Å². The first-order valence-corrected chi connectivity index (χ1v) is 9.54. The highest BCUT2D eigenvalue weighted by atomic mass is 15.2. The fraction of sp³-hybridized carbons (Fsp3) is 0.318. The van der Waals surface area contributed by atoms with Gasteiger partial charge in [-0.2, -0.15) is 0 Å². The molecule has 136 valence electrons. The Morgan fingerprint density at radius 3 is 2.59 bits per heavy atom. The van der Waals surface area contributed by atoms with Crippen LogP contribution < -0.4 is 4.90 Å². The molecule has 0 aromatic carbocycles. The number of nitrogens with zero attached hydrogens (tertiary/aromatic N) is 5. The maximum absolute atomic E-state index is 4.83. The van der Waals surface area contributed by atoms with E-state index in [1.807, 2.05) is 36.9 Å². The molecule has 5 heteroatoms. The first-order valence-electron chi connectivity index (χ1n) is 9.54. The van der Waals surface area contributed by atoms with Gasteiger partial charge in [-0.25, -0.2) is 0 Å². The van der Waals surface area contributed by atoms with E-state index < -0.39 is 0 Å². The lowest BCUT2D eigenvalue weighted by atomic mass is 9.85. The molecule has 5 rings (SSSR count). The van der Waals surface area contributed by atoms with Gasteiger partial charge in [0.15, 0.2) is 0 Å². The van der Waals surface area contributed by atoms with Crippen molar-refractivity contribution in [2.45, 2.75) is 24.9 Å². The van der Waals surface area contributed by atoms with Gasteiger partial charge in [0.2, 0.25) is 0 Å². The molecule has 1 atom stereocenters. The SMILES string of the molecule is c1ccc(CN2C[C@@]3(CCN(Cc4ccncc4)C3)c3ncccc32)nc1. The second kappa shape index (κ2) is 6.74. The number of rotatable bonds is 4. The van der Waals surface area contributed by atoms with E-state index in [2.05, 4.69) is 50.1 Å². The molecule has 5 nitrogen and oxygen atoms in total. The summed E-state index contributed by atoms with van der Waals surface area (Å²) < 4.78 is 0. The van der Waals surface area contributed by atoms with Gasteiger partial charge in [0.25, 0.3) is 0 Å². The summed E-state index contributed by atoms with van der Waals surface area (Å²) in [5.41, 5.74) is 5.09. The summed E-state index contributed by atoms with van der Waals surface area (Å²) in [6.07, 6.45) is 8.72. The average Bonchev–Trinajstić information content (AvgIpc) is 3.25. The normalized spacial score (nSPS) is 21.7. The van der Waals surface area contributed by atoms with Crippen LogP contribution in [0.5, 0.6) is 0 Å². The van der Waals surface area contributed by atoms with Crippen molar-refractivity contribution < 1.29 is 0 Å². The lowest BCUT2D eigenvalue weighted by Crippen LogP contribution is -2.36. The van der Waals surface area contributed by atoms with Crippen molar-refractivity contribution in [2.75, 3.05) is 24.5 Å². The molecule has 3 aromatic rings. The van der Waals surface area contributed by atoms with Gasteiger partial charge in [-0.1, -0.05) is 6.07 Å². The van der Waals surface area contributed by atoms with Crippen LogP contribution in [0.25, 0.3) is 0 Å². The lowest BCUT2D eigenvalue weighted by molar-refractivity contribution is 0.305. The largest absolute Gasteiger partial charge is 0.363 e. The van der Waals surface area contributed by atoms with Crippen LogP contribution in [0, 0.1) is 0 Å². The number of aromatic nitrogens is 3. The van der Waals surface area contributed by atoms with Gasteiger partial charge in [0.1, 0.15) is 0 Å². The molecule has 1 fully saturated rings. The van der Waals surface area contributed by atoms with Gasteiger partial charge in [-0.05, 0) is 54.9 Å². The number of pyridine rings is 3. The molecule has 0 N–H and O–H groups in total. The van der Waals surface area contributed by atoms with Crippen LogP contribution in [0.4, 0.5) is 5.69 Å². The minimum atomic E-state index is 0.123. The van der Waals surface area contributed by atoms with Crippen molar-refractivity contribution in [3.63, 3.8) is 0 Å². The zero-order valence-corrected chi connectivity index (χ0v) is 15.3. The fourth-order valence-corrected chi connectivity index (χ4v) is 4.58. The Kier molecular flexibility index (Phi) is 4.09. The van der Waals surface area contributed by atoms with E-state index in [4.69, 9.17) is 4.98 Å². The highest BCUT2D eigenvalue weighted by Gasteiger charge is 2.48. The van der Waals surface area contributed by atoms with Gasteiger partial charge in [0.05, 0.1) is 23.6 Å². The van der Waals surface area contributed by atoms with E-state index in [9.17, 15) is 0 Å². The number of anilines is 1. The highest BCUT2D eigenvalue weighted by molar-refractivity contribution is 5.60. The predicted molar refractivity (Wildman–Crippen MR) is 105 cm³/mol. The molecular formula is C22H23N5. The first kappa shape index (κ1) is 16.4. The van der Waals surface area contributed by atoms with Crippen molar-refractivity contribution in [3.05, 3.63) is 84.2 Å². The van der Waals surface area contributed by atoms with E-state index in [1.165, 1.54) is 16.9 Å². The highest BCUT2D eigenvalue weighted by Crippen LogP contribution is 2.45. The molecule has 2 aliphatic rings. The van der Waals surface area contributed by atoms with Crippen LogP contribution in [-0.2, 0) is 18.5 Å². The second-order valence-electron chi connectivity index (χ2n) is 7.64. The molecule has 0 saturated carbocycles. The molecule has 3 aromatic heterocycles. The van der Waals surface area contributed by atoms with Crippen molar-refractivity contribution in [1.82, 2.24) is 19.9 Å². The third kappa shape index (κ3) is 3.08. The standard InChI is InChI=1S/C22H23N5/c1-2-9-24-19(4-1)15-27-17-22(21-20(27)5-3-10-25-21)8-13-26(16-22)14-18-6-11-23-12-7-18/h1-7,9-12H,8,13-17H2/t22-/m0/s1. The van der Waals surface area contributed by atoms with E-state index in [1.54, 1.807) is 0 Å². The maximum Gasteiger partial charge on any atom is 0.0729 e. The molecule has 27 heavy (non-hydrogen) atoms. The van der Waals surface area contributed by atoms with E-state index >= 15 is 0 Å². The number of likely N-dealkylation sites (tertiary alicyclic amines) is 1. The van der Waals surface area contributed by atoms with Crippen LogP contribution in [0.2, 0.25) is 0 Å². The number of hydrogen-bond acceptors (Lipinski definition) is 5. The molecule has 1 spiro atoms. The van der Waals surface area contributed by atoms with Crippen molar-refractivity contribution in [3.8, 4) is 0 Å². The minimum absolute atomic E-state index is 0.123. The Morgan fingerprint density at radius 2 is 1.74 bits per heavy atom. The third-order valence-electron chi connectivity index (χ3n) is 5.79. The summed E-state index contributed by atoms with van der Waals surface area (Å²) in [5.74, 6) is 0. The molecule has 1 saturated heterocycles. The number of fused-ring (bicyclic) bond motifs is 2. The molecule has 2 aliphatic heterocycles. The van der Waals surface area contributed by atoms with Crippen LogP contribution in [0.1, 0.15) is 23.4 Å². The maximum atomic E-state index is 4.83. The monoisotopic (exact) mass is 357 g/mol.